The molecule has 0 fully saturated rings. The fraction of sp³-hybridized carbons (Fsp3) is 0.667. The van der Waals surface area contributed by atoms with Gasteiger partial charge in [0.05, 0.1) is 25.2 Å². The average Bonchev–Trinajstić information content (AvgIpc) is 2.64. The van der Waals surface area contributed by atoms with Gasteiger partial charge in [-0.3, -0.25) is 0 Å². The number of hydrogen-bond acceptors (Lipinski definition) is 7. The SMILES string of the molecule is C=COC(CCCCCCC[Si](OC)(OC)OCOC)(OC=C)OC=C. The fourth-order valence-corrected chi connectivity index (χ4v) is 4.42. The lowest BCUT2D eigenvalue weighted by Crippen LogP contribution is -2.44. The first-order valence-corrected chi connectivity index (χ1v) is 10.6. The van der Waals surface area contributed by atoms with Gasteiger partial charge in [0.2, 0.25) is 0 Å². The molecule has 0 aromatic rings. The zero-order valence-corrected chi connectivity index (χ0v) is 17.4. The van der Waals surface area contributed by atoms with Gasteiger partial charge in [-0.15, -0.1) is 0 Å². The Morgan fingerprint density at radius 2 is 1.27 bits per heavy atom. The second-order valence-electron chi connectivity index (χ2n) is 5.45. The van der Waals surface area contributed by atoms with Crippen molar-refractivity contribution in [2.45, 2.75) is 50.5 Å². The second kappa shape index (κ2) is 14.8. The highest BCUT2D eigenvalue weighted by Crippen LogP contribution is 2.25. The van der Waals surface area contributed by atoms with E-state index in [1.54, 1.807) is 21.3 Å². The van der Waals surface area contributed by atoms with Crippen molar-refractivity contribution in [3.63, 3.8) is 0 Å². The maximum absolute atomic E-state index is 5.62. The highest BCUT2D eigenvalue weighted by Gasteiger charge is 2.38. The standard InChI is InChI=1S/C18H34O7Si/c1-7-22-18(23-8-2,24-9-3)15-13-11-10-12-14-16-26(20-5,21-6)25-17-19-4/h7-9H,1-3,10-17H2,4-6H3. The predicted molar refractivity (Wildman–Crippen MR) is 102 cm³/mol. The molecule has 0 amide bonds. The van der Waals surface area contributed by atoms with Gasteiger partial charge in [-0.2, -0.15) is 0 Å². The first kappa shape index (κ1) is 24.7. The van der Waals surface area contributed by atoms with Crippen LogP contribution in [-0.2, 0) is 32.2 Å². The van der Waals surface area contributed by atoms with Gasteiger partial charge in [0.25, 0.3) is 0 Å². The third-order valence-electron chi connectivity index (χ3n) is 3.77. The summed E-state index contributed by atoms with van der Waals surface area (Å²) in [5.74, 6) is -1.24. The van der Waals surface area contributed by atoms with Crippen LogP contribution in [0.15, 0.2) is 38.5 Å². The summed E-state index contributed by atoms with van der Waals surface area (Å²) >= 11 is 0. The molecule has 0 spiro atoms. The molecule has 0 aliphatic carbocycles. The molecular weight excluding hydrogens is 356 g/mol. The highest BCUT2D eigenvalue weighted by atomic mass is 28.4. The van der Waals surface area contributed by atoms with Crippen molar-refractivity contribution in [2.75, 3.05) is 28.1 Å². The Hall–Kier alpha value is -1.32. The van der Waals surface area contributed by atoms with E-state index in [4.69, 9.17) is 32.2 Å². The topological polar surface area (TPSA) is 64.6 Å². The van der Waals surface area contributed by atoms with Crippen molar-refractivity contribution in [1.82, 2.24) is 0 Å². The molecule has 8 heteroatoms. The van der Waals surface area contributed by atoms with Crippen molar-refractivity contribution in [2.24, 2.45) is 0 Å². The maximum atomic E-state index is 5.62. The minimum absolute atomic E-state index is 0.173. The van der Waals surface area contributed by atoms with Gasteiger partial charge in [-0.1, -0.05) is 39.0 Å². The van der Waals surface area contributed by atoms with E-state index in [-0.39, 0.29) is 6.79 Å². The van der Waals surface area contributed by atoms with Gasteiger partial charge in [0.15, 0.2) is 0 Å². The highest BCUT2D eigenvalue weighted by molar-refractivity contribution is 6.60. The first-order chi connectivity index (χ1) is 12.6. The molecule has 0 bridgehead atoms. The Labute approximate surface area is 158 Å². The lowest BCUT2D eigenvalue weighted by molar-refractivity contribution is -0.321. The molecule has 152 valence electrons. The molecule has 0 atom stereocenters. The number of ether oxygens (including phenoxy) is 4. The van der Waals surface area contributed by atoms with Crippen molar-refractivity contribution in [3.8, 4) is 0 Å². The van der Waals surface area contributed by atoms with E-state index >= 15 is 0 Å². The quantitative estimate of drug-likeness (QED) is 0.141. The monoisotopic (exact) mass is 390 g/mol. The second-order valence-corrected chi connectivity index (χ2v) is 8.42. The summed E-state index contributed by atoms with van der Waals surface area (Å²) < 4.78 is 37.6. The molecule has 0 N–H and O–H groups in total. The molecule has 0 rings (SSSR count). The Balaban J connectivity index is 4.18. The zero-order valence-electron chi connectivity index (χ0n) is 16.4. The normalized spacial score (nSPS) is 11.7. The molecule has 0 aliphatic rings. The molecule has 0 radical (unpaired) electrons. The van der Waals surface area contributed by atoms with Crippen LogP contribution in [0.3, 0.4) is 0 Å². The van der Waals surface area contributed by atoms with Crippen LogP contribution in [0.5, 0.6) is 0 Å². The van der Waals surface area contributed by atoms with Crippen LogP contribution in [-0.4, -0.2) is 42.9 Å². The summed E-state index contributed by atoms with van der Waals surface area (Å²) in [5.41, 5.74) is 0. The van der Waals surface area contributed by atoms with Crippen LogP contribution < -0.4 is 0 Å². The summed E-state index contributed by atoms with van der Waals surface area (Å²) in [4.78, 5) is 0. The van der Waals surface area contributed by atoms with Crippen LogP contribution in [0.4, 0.5) is 0 Å². The molecule has 7 nitrogen and oxygen atoms in total. The minimum Gasteiger partial charge on any atom is -0.429 e. The lowest BCUT2D eigenvalue weighted by Gasteiger charge is -2.29. The van der Waals surface area contributed by atoms with Gasteiger partial charge >= 0.3 is 14.8 Å². The van der Waals surface area contributed by atoms with Crippen LogP contribution in [0.1, 0.15) is 38.5 Å². The van der Waals surface area contributed by atoms with Gasteiger partial charge < -0.3 is 32.2 Å². The molecule has 26 heavy (non-hydrogen) atoms. The lowest BCUT2D eigenvalue weighted by atomic mass is 10.1. The van der Waals surface area contributed by atoms with Crippen LogP contribution >= 0.6 is 0 Å². The smallest absolute Gasteiger partial charge is 0.429 e. The predicted octanol–water partition coefficient (Wildman–Crippen LogP) is 4.31. The maximum Gasteiger partial charge on any atom is 0.502 e. The number of rotatable bonds is 19. The average molecular weight is 391 g/mol. The Kier molecular flexibility index (Phi) is 14.1. The van der Waals surface area contributed by atoms with Gasteiger partial charge in [0, 0.05) is 27.4 Å². The summed E-state index contributed by atoms with van der Waals surface area (Å²) in [6.45, 7) is 10.8. The molecule has 0 aromatic carbocycles. The minimum atomic E-state index is -2.61. The molecule has 0 saturated carbocycles. The Morgan fingerprint density at radius 3 is 1.73 bits per heavy atom. The van der Waals surface area contributed by atoms with E-state index < -0.39 is 14.8 Å². The van der Waals surface area contributed by atoms with Crippen LogP contribution in [0.2, 0.25) is 6.04 Å². The van der Waals surface area contributed by atoms with Crippen molar-refractivity contribution in [1.29, 1.82) is 0 Å². The number of hydrogen-bond donors (Lipinski definition) is 0. The number of unbranched alkanes of at least 4 members (excludes halogenated alkanes) is 4. The van der Waals surface area contributed by atoms with Gasteiger partial charge in [-0.25, -0.2) is 0 Å². The third-order valence-corrected chi connectivity index (χ3v) is 6.54. The molecule has 0 saturated heterocycles. The van der Waals surface area contributed by atoms with Crippen LogP contribution in [0, 0.1) is 0 Å². The van der Waals surface area contributed by atoms with E-state index in [0.717, 1.165) is 38.1 Å². The van der Waals surface area contributed by atoms with E-state index in [2.05, 4.69) is 19.7 Å². The molecule has 0 unspecified atom stereocenters. The first-order valence-electron chi connectivity index (χ1n) is 8.67. The van der Waals surface area contributed by atoms with Gasteiger partial charge in [0.1, 0.15) is 6.79 Å². The summed E-state index contributed by atoms with van der Waals surface area (Å²) in [5, 5.41) is 0. The van der Waals surface area contributed by atoms with Crippen molar-refractivity contribution in [3.05, 3.63) is 38.5 Å². The van der Waals surface area contributed by atoms with E-state index in [1.165, 1.54) is 18.8 Å². The molecule has 0 heterocycles. The van der Waals surface area contributed by atoms with Crippen molar-refractivity contribution >= 4 is 8.80 Å². The van der Waals surface area contributed by atoms with Crippen LogP contribution in [0.25, 0.3) is 0 Å². The van der Waals surface area contributed by atoms with Gasteiger partial charge in [-0.05, 0) is 12.8 Å². The summed E-state index contributed by atoms with van der Waals surface area (Å²) in [6, 6.07) is 0.756. The molecule has 0 aliphatic heterocycles. The molecule has 0 aromatic heterocycles. The Bertz CT molecular complexity index is 359. The third kappa shape index (κ3) is 9.40. The zero-order chi connectivity index (χ0) is 19.7. The van der Waals surface area contributed by atoms with E-state index in [0.29, 0.717) is 6.42 Å². The largest absolute Gasteiger partial charge is 0.502 e. The van der Waals surface area contributed by atoms with E-state index in [1.807, 2.05) is 0 Å². The summed E-state index contributed by atoms with van der Waals surface area (Å²) in [6.07, 6.45) is 9.28. The fourth-order valence-electron chi connectivity index (χ4n) is 2.48. The van der Waals surface area contributed by atoms with E-state index in [9.17, 15) is 0 Å². The Morgan fingerprint density at radius 1 is 0.769 bits per heavy atom. The summed E-state index contributed by atoms with van der Waals surface area (Å²) in [7, 11) is 2.19. The molecular formula is C18H34O7Si. The number of methoxy groups -OCH3 is 1. The van der Waals surface area contributed by atoms with Crippen molar-refractivity contribution < 1.29 is 32.2 Å².